The molecule has 0 bridgehead atoms. The Kier molecular flexibility index (Phi) is 4.76. The lowest BCUT2D eigenvalue weighted by molar-refractivity contribution is 0.103. The molecule has 1 aliphatic rings. The van der Waals surface area contributed by atoms with Crippen molar-refractivity contribution in [2.75, 3.05) is 30.3 Å². The van der Waals surface area contributed by atoms with E-state index in [1.165, 1.54) is 5.56 Å². The van der Waals surface area contributed by atoms with Gasteiger partial charge in [0.2, 0.25) is 11.6 Å². The van der Waals surface area contributed by atoms with Gasteiger partial charge in [-0.2, -0.15) is 0 Å². The largest absolute Gasteiger partial charge is 0.383 e. The fourth-order valence-corrected chi connectivity index (χ4v) is 3.23. The smallest absolute Gasteiger partial charge is 0.234 e. The lowest BCUT2D eigenvalue weighted by Crippen LogP contribution is -2.46. The number of nitrogen functional groups attached to an aromatic ring is 1. The zero-order chi connectivity index (χ0) is 18.6. The van der Waals surface area contributed by atoms with Crippen LogP contribution in [0.3, 0.4) is 0 Å². The number of aromatic nitrogens is 3. The monoisotopic (exact) mass is 366 g/mol. The molecule has 27 heavy (non-hydrogen) atoms. The molecule has 1 aromatic carbocycles. The number of rotatable bonds is 4. The number of nitrogens with one attached hydrogen (secondary N) is 1. The third-order valence-corrected chi connectivity index (χ3v) is 4.63. The van der Waals surface area contributed by atoms with Gasteiger partial charge in [0.25, 0.3) is 0 Å². The summed E-state index contributed by atoms with van der Waals surface area (Å²) in [7, 11) is 0. The normalized spacial score (nSPS) is 16.9. The van der Waals surface area contributed by atoms with E-state index >= 15 is 0 Å². The number of carbonyl (C=O) groups is 1. The predicted molar refractivity (Wildman–Crippen MR) is 110 cm³/mol. The Morgan fingerprint density at radius 2 is 1.96 bits per heavy atom. The Morgan fingerprint density at radius 1 is 1.11 bits per heavy atom. The molecule has 0 spiro atoms. The first-order chi connectivity index (χ1) is 13.2. The van der Waals surface area contributed by atoms with Crippen molar-refractivity contribution in [3.8, 4) is 0 Å². The molecule has 7 heteroatoms. The molecule has 1 aliphatic heterocycles. The van der Waals surface area contributed by atoms with Crippen LogP contribution >= 0.6 is 0 Å². The average Bonchev–Trinajstić information content (AvgIpc) is 2.74. The number of benzene rings is 1. The first kappa shape index (κ1) is 17.1. The minimum absolute atomic E-state index is 0. The van der Waals surface area contributed by atoms with Gasteiger partial charge < -0.3 is 16.0 Å². The van der Waals surface area contributed by atoms with E-state index in [0.29, 0.717) is 5.56 Å². The van der Waals surface area contributed by atoms with Gasteiger partial charge in [-0.15, -0.1) is 0 Å². The number of hydrogen-bond acceptors (Lipinski definition) is 7. The van der Waals surface area contributed by atoms with Crippen molar-refractivity contribution in [2.45, 2.75) is 6.04 Å². The van der Waals surface area contributed by atoms with E-state index in [2.05, 4.69) is 37.3 Å². The van der Waals surface area contributed by atoms with Crippen molar-refractivity contribution in [2.24, 2.45) is 0 Å². The molecule has 2 aromatic heterocycles. The zero-order valence-corrected chi connectivity index (χ0v) is 14.7. The first-order valence-corrected chi connectivity index (χ1v) is 8.84. The third kappa shape index (κ3) is 3.63. The average molecular weight is 366 g/mol. The Labute approximate surface area is 161 Å². The van der Waals surface area contributed by atoms with Crippen LogP contribution in [0.15, 0.2) is 60.9 Å². The molecular weight excluding hydrogens is 340 g/mol. The SMILES string of the molecule is Nc1ncccc1C(=O)c1nccc(N2CCNC(c3ccccc3)C2)n1.[HH].[HH].[HH]. The van der Waals surface area contributed by atoms with E-state index in [1.807, 2.05) is 24.3 Å². The molecule has 0 saturated carbocycles. The van der Waals surface area contributed by atoms with Crippen LogP contribution in [0.1, 0.15) is 32.1 Å². The van der Waals surface area contributed by atoms with Crippen molar-refractivity contribution < 1.29 is 9.07 Å². The molecule has 1 saturated heterocycles. The van der Waals surface area contributed by atoms with Crippen LogP contribution in [0, 0.1) is 0 Å². The van der Waals surface area contributed by atoms with Gasteiger partial charge in [-0.3, -0.25) is 4.79 Å². The highest BCUT2D eigenvalue weighted by Crippen LogP contribution is 2.21. The van der Waals surface area contributed by atoms with E-state index < -0.39 is 0 Å². The summed E-state index contributed by atoms with van der Waals surface area (Å²) < 4.78 is 0. The van der Waals surface area contributed by atoms with Crippen molar-refractivity contribution in [1.82, 2.24) is 20.3 Å². The molecule has 1 atom stereocenters. The standard InChI is InChI=1S/C20H20N6O.3H2/c21-19-15(7-4-9-23-19)18(27)20-24-10-8-17(25-20)26-12-11-22-16(13-26)14-5-2-1-3-6-14;;;/h1-10,16,22H,11-13H2,(H2,21,23);3*1H. The Hall–Kier alpha value is -3.32. The lowest BCUT2D eigenvalue weighted by atomic mass is 10.0. The Bertz CT molecular complexity index is 960. The minimum atomic E-state index is -0.322. The number of pyridine rings is 1. The van der Waals surface area contributed by atoms with Crippen molar-refractivity contribution in [3.63, 3.8) is 0 Å². The molecule has 3 aromatic rings. The molecule has 0 aliphatic carbocycles. The van der Waals surface area contributed by atoms with Gasteiger partial charge in [0, 0.05) is 42.3 Å². The molecule has 1 fully saturated rings. The molecule has 0 radical (unpaired) electrons. The van der Waals surface area contributed by atoms with Gasteiger partial charge in [0.1, 0.15) is 11.6 Å². The van der Waals surface area contributed by atoms with E-state index in [4.69, 9.17) is 5.73 Å². The second kappa shape index (κ2) is 7.51. The quantitative estimate of drug-likeness (QED) is 0.685. The van der Waals surface area contributed by atoms with E-state index in [1.54, 1.807) is 24.5 Å². The molecule has 3 N–H and O–H groups in total. The van der Waals surface area contributed by atoms with Crippen LogP contribution in [0.5, 0.6) is 0 Å². The number of nitrogens with two attached hydrogens (primary N) is 1. The van der Waals surface area contributed by atoms with Crippen LogP contribution < -0.4 is 16.0 Å². The summed E-state index contributed by atoms with van der Waals surface area (Å²) in [5.41, 5.74) is 7.36. The van der Waals surface area contributed by atoms with E-state index in [-0.39, 0.29) is 27.7 Å². The number of nitrogens with zero attached hydrogens (tertiary/aromatic N) is 4. The number of anilines is 2. The molecule has 7 nitrogen and oxygen atoms in total. The van der Waals surface area contributed by atoms with Gasteiger partial charge in [-0.25, -0.2) is 15.0 Å². The first-order valence-electron chi connectivity index (χ1n) is 8.84. The summed E-state index contributed by atoms with van der Waals surface area (Å²) in [4.78, 5) is 27.5. The summed E-state index contributed by atoms with van der Waals surface area (Å²) in [5.74, 6) is 0.722. The maximum absolute atomic E-state index is 12.7. The van der Waals surface area contributed by atoms with Crippen molar-refractivity contribution in [1.29, 1.82) is 0 Å². The second-order valence-electron chi connectivity index (χ2n) is 6.37. The highest BCUT2D eigenvalue weighted by Gasteiger charge is 2.23. The van der Waals surface area contributed by atoms with Crippen LogP contribution in [0.4, 0.5) is 11.6 Å². The fraction of sp³-hybridized carbons (Fsp3) is 0.200. The van der Waals surface area contributed by atoms with E-state index in [0.717, 1.165) is 25.5 Å². The molecule has 1 unspecified atom stereocenters. The highest BCUT2D eigenvalue weighted by atomic mass is 16.1. The van der Waals surface area contributed by atoms with Gasteiger partial charge in [-0.05, 0) is 23.8 Å². The molecule has 4 rings (SSSR count). The van der Waals surface area contributed by atoms with E-state index in [9.17, 15) is 4.79 Å². The summed E-state index contributed by atoms with van der Waals surface area (Å²) in [6.45, 7) is 2.41. The van der Waals surface area contributed by atoms with Gasteiger partial charge >= 0.3 is 0 Å². The molecular formula is C20H26N6O. The number of piperazine rings is 1. The minimum Gasteiger partial charge on any atom is -0.383 e. The van der Waals surface area contributed by atoms with Crippen LogP contribution in [-0.4, -0.2) is 40.4 Å². The molecule has 0 amide bonds. The summed E-state index contributed by atoms with van der Waals surface area (Å²) in [5, 5.41) is 3.53. The number of ketones is 1. The topological polar surface area (TPSA) is 97.0 Å². The van der Waals surface area contributed by atoms with Crippen LogP contribution in [0.2, 0.25) is 0 Å². The lowest BCUT2D eigenvalue weighted by Gasteiger charge is -2.34. The number of carbonyl (C=O) groups excluding carboxylic acids is 1. The zero-order valence-electron chi connectivity index (χ0n) is 14.7. The Balaban J connectivity index is 0.00000150. The van der Waals surface area contributed by atoms with Crippen LogP contribution in [-0.2, 0) is 0 Å². The predicted octanol–water partition coefficient (Wildman–Crippen LogP) is 2.57. The van der Waals surface area contributed by atoms with Crippen molar-refractivity contribution >= 4 is 17.4 Å². The van der Waals surface area contributed by atoms with Crippen LogP contribution in [0.25, 0.3) is 0 Å². The second-order valence-corrected chi connectivity index (χ2v) is 6.37. The summed E-state index contributed by atoms with van der Waals surface area (Å²) in [6, 6.07) is 15.7. The van der Waals surface area contributed by atoms with Gasteiger partial charge in [0.05, 0.1) is 5.56 Å². The maximum atomic E-state index is 12.7. The summed E-state index contributed by atoms with van der Waals surface area (Å²) in [6.07, 6.45) is 3.16. The fourth-order valence-electron chi connectivity index (χ4n) is 3.23. The Morgan fingerprint density at radius 3 is 2.78 bits per heavy atom. The number of hydrogen-bond donors (Lipinski definition) is 2. The third-order valence-electron chi connectivity index (χ3n) is 4.63. The van der Waals surface area contributed by atoms with Gasteiger partial charge in [0.15, 0.2) is 0 Å². The highest BCUT2D eigenvalue weighted by molar-refractivity contribution is 6.09. The molecule has 3 heterocycles. The van der Waals surface area contributed by atoms with Gasteiger partial charge in [-0.1, -0.05) is 30.3 Å². The molecule has 142 valence electrons. The maximum Gasteiger partial charge on any atom is 0.234 e. The summed E-state index contributed by atoms with van der Waals surface area (Å²) >= 11 is 0. The van der Waals surface area contributed by atoms with Crippen molar-refractivity contribution in [3.05, 3.63) is 77.9 Å².